The molecule has 18 heavy (non-hydrogen) atoms. The summed E-state index contributed by atoms with van der Waals surface area (Å²) in [5.41, 5.74) is 0. The minimum atomic E-state index is -6.79. The molecular weight excluding hydrogens is 294 g/mol. The molecule has 2 nitrogen and oxygen atoms in total. The molecule has 108 valence electrons. The topological polar surface area (TPSA) is 29.5 Å². The van der Waals surface area contributed by atoms with E-state index < -0.39 is 36.4 Å². The van der Waals surface area contributed by atoms with Crippen LogP contribution in [-0.4, -0.2) is 29.4 Å². The first kappa shape index (κ1) is 16.8. The van der Waals surface area contributed by atoms with Gasteiger partial charge in [-0.25, -0.2) is 4.39 Å². The number of hydrogen-bond donors (Lipinski definition) is 1. The van der Waals surface area contributed by atoms with Gasteiger partial charge in [0.05, 0.1) is 0 Å². The molecule has 0 aromatic carbocycles. The predicted octanol–water partition coefficient (Wildman–Crippen LogP) is 3.19. The molecule has 0 aliphatic rings. The van der Waals surface area contributed by atoms with Crippen molar-refractivity contribution in [2.24, 2.45) is 0 Å². The molecule has 0 aliphatic heterocycles. The van der Waals surface area contributed by atoms with Gasteiger partial charge in [-0.3, -0.25) is 0 Å². The van der Waals surface area contributed by atoms with Crippen LogP contribution in [0.5, 0.6) is 0 Å². The van der Waals surface area contributed by atoms with Gasteiger partial charge >= 0.3 is 30.0 Å². The van der Waals surface area contributed by atoms with Crippen LogP contribution in [0.3, 0.4) is 0 Å². The third-order valence-electron chi connectivity index (χ3n) is 1.45. The van der Waals surface area contributed by atoms with Crippen molar-refractivity contribution in [3.63, 3.8) is 0 Å². The summed E-state index contributed by atoms with van der Waals surface area (Å²) >= 11 is 0. The Hall–Kier alpha value is -1.20. The van der Waals surface area contributed by atoms with Gasteiger partial charge in [-0.15, -0.1) is 0 Å². The third-order valence-corrected chi connectivity index (χ3v) is 1.45. The summed E-state index contributed by atoms with van der Waals surface area (Å²) < 4.78 is 122. The quantitative estimate of drug-likeness (QED) is 0.623. The molecule has 0 saturated carbocycles. The van der Waals surface area contributed by atoms with Crippen molar-refractivity contribution >= 4 is 0 Å². The van der Waals surface area contributed by atoms with E-state index in [1.807, 2.05) is 4.74 Å². The van der Waals surface area contributed by atoms with E-state index in [4.69, 9.17) is 5.11 Å². The number of ether oxygens (including phenoxy) is 1. The molecule has 0 radical (unpaired) electrons. The van der Waals surface area contributed by atoms with Gasteiger partial charge in [0.2, 0.25) is 0 Å². The van der Waals surface area contributed by atoms with Gasteiger partial charge in [0.15, 0.2) is 0 Å². The molecule has 1 N–H and O–H groups in total. The molecule has 12 heteroatoms. The summed E-state index contributed by atoms with van der Waals surface area (Å²) in [5, 5.41) is 7.58. The molecule has 0 aromatic rings. The summed E-state index contributed by atoms with van der Waals surface area (Å²) in [6.07, 6.45) is -14.9. The van der Waals surface area contributed by atoms with Crippen molar-refractivity contribution in [3.8, 4) is 0 Å². The molecule has 1 unspecified atom stereocenters. The standard InChI is InChI=1S/C6H2F10O2/c7-1(8)2(9)18-6(15,16)5(13,14)4(11,12)3(10)17/h3,17H. The van der Waals surface area contributed by atoms with E-state index in [9.17, 15) is 43.9 Å². The lowest BCUT2D eigenvalue weighted by molar-refractivity contribution is -0.413. The van der Waals surface area contributed by atoms with Crippen LogP contribution in [0.2, 0.25) is 0 Å². The smallest absolute Gasteiger partial charge is 0.397 e. The Morgan fingerprint density at radius 3 is 1.61 bits per heavy atom. The molecule has 0 aromatic heterocycles. The number of rotatable bonds is 5. The molecule has 0 spiro atoms. The second-order valence-electron chi connectivity index (χ2n) is 2.69. The third kappa shape index (κ3) is 2.79. The van der Waals surface area contributed by atoms with Crippen LogP contribution >= 0.6 is 0 Å². The monoisotopic (exact) mass is 296 g/mol. The van der Waals surface area contributed by atoms with Crippen molar-refractivity contribution in [2.75, 3.05) is 0 Å². The number of aliphatic hydroxyl groups is 1. The van der Waals surface area contributed by atoms with Gasteiger partial charge in [0.1, 0.15) is 0 Å². The lowest BCUT2D eigenvalue weighted by atomic mass is 10.1. The number of hydrogen-bond acceptors (Lipinski definition) is 2. The minimum Gasteiger partial charge on any atom is -0.397 e. The lowest BCUT2D eigenvalue weighted by Crippen LogP contribution is -2.59. The maximum absolute atomic E-state index is 12.4. The predicted molar refractivity (Wildman–Crippen MR) is 33.4 cm³/mol. The largest absolute Gasteiger partial charge is 0.472 e. The van der Waals surface area contributed by atoms with E-state index in [2.05, 4.69) is 0 Å². The van der Waals surface area contributed by atoms with Crippen LogP contribution in [0.4, 0.5) is 43.9 Å². The maximum atomic E-state index is 12.4. The van der Waals surface area contributed by atoms with Crippen molar-refractivity contribution in [2.45, 2.75) is 24.3 Å². The Balaban J connectivity index is 5.40. The second kappa shape index (κ2) is 4.82. The first-order valence-corrected chi connectivity index (χ1v) is 3.62. The second-order valence-corrected chi connectivity index (χ2v) is 2.69. The van der Waals surface area contributed by atoms with Gasteiger partial charge in [0.25, 0.3) is 6.36 Å². The molecule has 0 aliphatic carbocycles. The molecular formula is C6H2F10O2. The van der Waals surface area contributed by atoms with Gasteiger partial charge in [-0.05, 0) is 0 Å². The Morgan fingerprint density at radius 2 is 1.33 bits per heavy atom. The normalized spacial score (nSPS) is 15.3. The van der Waals surface area contributed by atoms with Crippen molar-refractivity contribution < 1.29 is 53.7 Å². The Kier molecular flexibility index (Phi) is 4.50. The van der Waals surface area contributed by atoms with E-state index in [0.29, 0.717) is 0 Å². The van der Waals surface area contributed by atoms with Crippen LogP contribution in [0.25, 0.3) is 0 Å². The first-order valence-electron chi connectivity index (χ1n) is 3.62. The molecule has 0 fully saturated rings. The van der Waals surface area contributed by atoms with E-state index in [-0.39, 0.29) is 0 Å². The number of halogens is 10. The Labute approximate surface area is 91.4 Å². The van der Waals surface area contributed by atoms with Gasteiger partial charge in [-0.1, -0.05) is 0 Å². The Morgan fingerprint density at radius 1 is 0.944 bits per heavy atom. The summed E-state index contributed by atoms with van der Waals surface area (Å²) in [5.74, 6) is -13.2. The lowest BCUT2D eigenvalue weighted by Gasteiger charge is -2.31. The van der Waals surface area contributed by atoms with E-state index >= 15 is 0 Å². The highest BCUT2D eigenvalue weighted by atomic mass is 19.4. The van der Waals surface area contributed by atoms with Crippen molar-refractivity contribution in [1.82, 2.24) is 0 Å². The number of aliphatic hydroxyl groups excluding tert-OH is 1. The highest BCUT2D eigenvalue weighted by Gasteiger charge is 2.77. The van der Waals surface area contributed by atoms with Crippen LogP contribution < -0.4 is 0 Å². The molecule has 0 rings (SSSR count). The maximum Gasteiger partial charge on any atom is 0.472 e. The summed E-state index contributed by atoms with van der Waals surface area (Å²) in [7, 11) is 0. The fourth-order valence-corrected chi connectivity index (χ4v) is 0.559. The van der Waals surface area contributed by atoms with Crippen LogP contribution in [0, 0.1) is 0 Å². The zero-order valence-corrected chi connectivity index (χ0v) is 7.71. The SMILES string of the molecule is OC(F)C(F)(F)C(F)(F)C(F)(F)OC(F)=C(F)F. The zero-order chi connectivity index (χ0) is 14.9. The van der Waals surface area contributed by atoms with E-state index in [1.54, 1.807) is 0 Å². The van der Waals surface area contributed by atoms with Crippen LogP contribution in [0.15, 0.2) is 12.1 Å². The van der Waals surface area contributed by atoms with Crippen LogP contribution in [-0.2, 0) is 4.74 Å². The van der Waals surface area contributed by atoms with Crippen LogP contribution in [0.1, 0.15) is 0 Å². The summed E-state index contributed by atoms with van der Waals surface area (Å²) in [6.45, 7) is 0. The molecule has 1 atom stereocenters. The van der Waals surface area contributed by atoms with Gasteiger partial charge < -0.3 is 9.84 Å². The minimum absolute atomic E-state index is 2.02. The van der Waals surface area contributed by atoms with E-state index in [0.717, 1.165) is 0 Å². The molecule has 0 bridgehead atoms. The average Bonchev–Trinajstić information content (AvgIpc) is 2.15. The first-order chi connectivity index (χ1) is 7.77. The molecule has 0 heterocycles. The molecule has 0 saturated heterocycles. The fourth-order valence-electron chi connectivity index (χ4n) is 0.559. The van der Waals surface area contributed by atoms with Gasteiger partial charge in [0, 0.05) is 0 Å². The van der Waals surface area contributed by atoms with Crippen molar-refractivity contribution in [1.29, 1.82) is 0 Å². The number of alkyl halides is 7. The van der Waals surface area contributed by atoms with Crippen molar-refractivity contribution in [3.05, 3.63) is 12.1 Å². The van der Waals surface area contributed by atoms with E-state index in [1.165, 1.54) is 0 Å². The fraction of sp³-hybridized carbons (Fsp3) is 0.667. The molecule has 0 amide bonds. The summed E-state index contributed by atoms with van der Waals surface area (Å²) in [4.78, 5) is 0. The van der Waals surface area contributed by atoms with Gasteiger partial charge in [-0.2, -0.15) is 39.5 Å². The average molecular weight is 296 g/mol. The zero-order valence-electron chi connectivity index (χ0n) is 7.71. The highest BCUT2D eigenvalue weighted by Crippen LogP contribution is 2.49. The summed E-state index contributed by atoms with van der Waals surface area (Å²) in [6, 6.07) is -3.55. The Bertz CT molecular complexity index is 331. The highest BCUT2D eigenvalue weighted by molar-refractivity contribution is 4.96.